The lowest BCUT2D eigenvalue weighted by Crippen LogP contribution is -2.20. The average molecular weight is 379 g/mol. The molecule has 0 fully saturated rings. The van der Waals surface area contributed by atoms with E-state index in [9.17, 15) is 4.79 Å². The minimum atomic E-state index is -0.218. The lowest BCUT2D eigenvalue weighted by atomic mass is 10.1. The Kier molecular flexibility index (Phi) is 4.55. The second-order valence-corrected chi connectivity index (χ2v) is 7.16. The number of ether oxygens (including phenoxy) is 1. The number of hydrogen-bond acceptors (Lipinski definition) is 6. The number of rotatable bonds is 5. The molecule has 4 aromatic rings. The number of aryl methyl sites for hydroxylation is 2. The average Bonchev–Trinajstić information content (AvgIpc) is 3.21. The predicted molar refractivity (Wildman–Crippen MR) is 104 cm³/mol. The summed E-state index contributed by atoms with van der Waals surface area (Å²) in [6.07, 6.45) is 1.56. The Morgan fingerprint density at radius 2 is 2.00 bits per heavy atom. The summed E-state index contributed by atoms with van der Waals surface area (Å²) in [7, 11) is 0. The van der Waals surface area contributed by atoms with Crippen molar-refractivity contribution in [1.82, 2.24) is 19.8 Å². The van der Waals surface area contributed by atoms with Gasteiger partial charge in [-0.15, -0.1) is 10.2 Å². The number of nitrogens with one attached hydrogen (secondary N) is 1. The monoisotopic (exact) mass is 379 g/mol. The summed E-state index contributed by atoms with van der Waals surface area (Å²) >= 11 is 1.44. The molecule has 0 aliphatic carbocycles. The van der Waals surface area contributed by atoms with Crippen LogP contribution in [0.15, 0.2) is 48.8 Å². The molecule has 2 heterocycles. The molecular weight excluding hydrogens is 362 g/mol. The zero-order valence-electron chi connectivity index (χ0n) is 14.8. The van der Waals surface area contributed by atoms with Crippen LogP contribution in [-0.4, -0.2) is 32.3 Å². The van der Waals surface area contributed by atoms with Gasteiger partial charge in [-0.1, -0.05) is 29.5 Å². The maximum Gasteiger partial charge on any atom is 0.262 e. The Morgan fingerprint density at radius 3 is 2.78 bits per heavy atom. The third-order valence-electron chi connectivity index (χ3n) is 3.85. The van der Waals surface area contributed by atoms with Gasteiger partial charge in [-0.25, -0.2) is 0 Å². The molecule has 0 saturated heterocycles. The van der Waals surface area contributed by atoms with E-state index in [0.717, 1.165) is 26.7 Å². The fraction of sp³-hybridized carbons (Fsp3) is 0.158. The van der Waals surface area contributed by atoms with Crippen molar-refractivity contribution < 1.29 is 9.53 Å². The summed E-state index contributed by atoms with van der Waals surface area (Å²) in [6.45, 7) is 3.94. The van der Waals surface area contributed by atoms with Crippen LogP contribution in [0.4, 0.5) is 5.69 Å². The molecule has 0 radical (unpaired) electrons. The van der Waals surface area contributed by atoms with Crippen molar-refractivity contribution in [2.45, 2.75) is 13.8 Å². The third-order valence-corrected chi connectivity index (χ3v) is 4.81. The maximum atomic E-state index is 12.2. The fourth-order valence-electron chi connectivity index (χ4n) is 2.77. The normalized spacial score (nSPS) is 10.9. The summed E-state index contributed by atoms with van der Waals surface area (Å²) in [5.41, 5.74) is 3.79. The fourth-order valence-corrected chi connectivity index (χ4v) is 3.58. The minimum absolute atomic E-state index is 0.0517. The highest BCUT2D eigenvalue weighted by molar-refractivity contribution is 7.19. The minimum Gasteiger partial charge on any atom is -0.484 e. The molecule has 136 valence electrons. The van der Waals surface area contributed by atoms with Gasteiger partial charge in [-0.2, -0.15) is 9.61 Å². The number of aromatic nitrogens is 4. The molecule has 2 aromatic heterocycles. The number of carbonyl (C=O) groups is 1. The molecule has 0 atom stereocenters. The van der Waals surface area contributed by atoms with Crippen LogP contribution in [0.2, 0.25) is 0 Å². The van der Waals surface area contributed by atoms with E-state index in [2.05, 4.69) is 26.7 Å². The van der Waals surface area contributed by atoms with Crippen molar-refractivity contribution in [3.8, 4) is 16.3 Å². The number of amides is 1. The van der Waals surface area contributed by atoms with E-state index in [4.69, 9.17) is 4.74 Å². The highest BCUT2D eigenvalue weighted by atomic mass is 32.1. The van der Waals surface area contributed by atoms with E-state index in [1.165, 1.54) is 11.3 Å². The number of nitrogens with zero attached hydrogens (tertiary/aromatic N) is 4. The molecule has 4 rings (SSSR count). The van der Waals surface area contributed by atoms with Crippen molar-refractivity contribution in [2.24, 2.45) is 0 Å². The number of fused-ring (bicyclic) bond motifs is 1. The van der Waals surface area contributed by atoms with Gasteiger partial charge in [-0.3, -0.25) is 4.79 Å². The van der Waals surface area contributed by atoms with Crippen molar-refractivity contribution >= 4 is 27.9 Å². The van der Waals surface area contributed by atoms with E-state index in [0.29, 0.717) is 11.4 Å². The number of anilines is 1. The number of carbonyl (C=O) groups excluding carboxylic acids is 1. The van der Waals surface area contributed by atoms with Gasteiger partial charge in [0.15, 0.2) is 6.61 Å². The van der Waals surface area contributed by atoms with E-state index in [1.54, 1.807) is 10.8 Å². The van der Waals surface area contributed by atoms with Crippen LogP contribution < -0.4 is 10.1 Å². The second kappa shape index (κ2) is 7.16. The summed E-state index contributed by atoms with van der Waals surface area (Å²) in [6, 6.07) is 13.4. The van der Waals surface area contributed by atoms with Crippen molar-refractivity contribution in [2.75, 3.05) is 11.9 Å². The van der Waals surface area contributed by atoms with Crippen LogP contribution in [0.1, 0.15) is 11.1 Å². The first-order valence-corrected chi connectivity index (χ1v) is 9.17. The van der Waals surface area contributed by atoms with E-state index in [1.807, 2.05) is 50.2 Å². The molecule has 0 unspecified atom stereocenters. The van der Waals surface area contributed by atoms with E-state index >= 15 is 0 Å². The van der Waals surface area contributed by atoms with Gasteiger partial charge in [0.1, 0.15) is 17.1 Å². The van der Waals surface area contributed by atoms with Crippen LogP contribution in [0.3, 0.4) is 0 Å². The highest BCUT2D eigenvalue weighted by Crippen LogP contribution is 2.26. The SMILES string of the molecule is Cc1cc(C)cc(OCC(=O)Nc2cccc(-c3nn4cnnc4s3)c2)c1. The van der Waals surface area contributed by atoms with Crippen LogP contribution in [-0.2, 0) is 4.79 Å². The molecular formula is C19H17N5O2S. The molecule has 1 N–H and O–H groups in total. The standard InChI is InChI=1S/C19H17N5O2S/c1-12-6-13(2)8-16(7-12)26-10-17(25)21-15-5-3-4-14(9-15)18-23-24-11-20-22-19(24)27-18/h3-9,11H,10H2,1-2H3,(H,21,25). The Labute approximate surface area is 159 Å². The molecule has 8 heteroatoms. The summed E-state index contributed by atoms with van der Waals surface area (Å²) in [5, 5.41) is 15.9. The predicted octanol–water partition coefficient (Wildman–Crippen LogP) is 3.49. The van der Waals surface area contributed by atoms with Crippen LogP contribution in [0, 0.1) is 13.8 Å². The summed E-state index contributed by atoms with van der Waals surface area (Å²) < 4.78 is 7.23. The maximum absolute atomic E-state index is 12.2. The number of benzene rings is 2. The zero-order valence-corrected chi connectivity index (χ0v) is 15.7. The highest BCUT2D eigenvalue weighted by Gasteiger charge is 2.10. The molecule has 7 nitrogen and oxygen atoms in total. The van der Waals surface area contributed by atoms with Crippen molar-refractivity contribution in [1.29, 1.82) is 0 Å². The van der Waals surface area contributed by atoms with Crippen molar-refractivity contribution in [3.63, 3.8) is 0 Å². The van der Waals surface area contributed by atoms with Crippen LogP contribution >= 0.6 is 11.3 Å². The molecule has 0 saturated carbocycles. The Bertz CT molecular complexity index is 1070. The lowest BCUT2D eigenvalue weighted by Gasteiger charge is -2.09. The second-order valence-electron chi connectivity index (χ2n) is 6.21. The topological polar surface area (TPSA) is 81.4 Å². The summed E-state index contributed by atoms with van der Waals surface area (Å²) in [4.78, 5) is 13.0. The zero-order chi connectivity index (χ0) is 18.8. The first kappa shape index (κ1) is 17.2. The quantitative estimate of drug-likeness (QED) is 0.574. The van der Waals surface area contributed by atoms with Gasteiger partial charge < -0.3 is 10.1 Å². The smallest absolute Gasteiger partial charge is 0.262 e. The Morgan fingerprint density at radius 1 is 1.19 bits per heavy atom. The molecule has 1 amide bonds. The third kappa shape index (κ3) is 3.95. The van der Waals surface area contributed by atoms with Gasteiger partial charge in [0.2, 0.25) is 4.96 Å². The largest absolute Gasteiger partial charge is 0.484 e. The first-order valence-electron chi connectivity index (χ1n) is 8.35. The van der Waals surface area contributed by atoms with Crippen molar-refractivity contribution in [3.05, 3.63) is 59.9 Å². The van der Waals surface area contributed by atoms with Gasteiger partial charge >= 0.3 is 0 Å². The summed E-state index contributed by atoms with van der Waals surface area (Å²) in [5.74, 6) is 0.473. The van der Waals surface area contributed by atoms with Crippen LogP contribution in [0.5, 0.6) is 5.75 Å². The first-order chi connectivity index (χ1) is 13.1. The van der Waals surface area contributed by atoms with Gasteiger partial charge in [0.05, 0.1) is 0 Å². The molecule has 2 aromatic carbocycles. The van der Waals surface area contributed by atoms with E-state index < -0.39 is 0 Å². The molecule has 0 spiro atoms. The molecule has 27 heavy (non-hydrogen) atoms. The number of hydrogen-bond donors (Lipinski definition) is 1. The molecule has 0 bridgehead atoms. The molecule has 0 aliphatic rings. The van der Waals surface area contributed by atoms with Gasteiger partial charge in [-0.05, 0) is 49.2 Å². The van der Waals surface area contributed by atoms with Gasteiger partial charge in [0.25, 0.3) is 5.91 Å². The van der Waals surface area contributed by atoms with E-state index in [-0.39, 0.29) is 12.5 Å². The molecule has 0 aliphatic heterocycles. The lowest BCUT2D eigenvalue weighted by molar-refractivity contribution is -0.118. The van der Waals surface area contributed by atoms with Crippen LogP contribution in [0.25, 0.3) is 15.5 Å². The Balaban J connectivity index is 1.43. The van der Waals surface area contributed by atoms with Gasteiger partial charge in [0, 0.05) is 11.3 Å². The Hall–Kier alpha value is -3.26.